The van der Waals surface area contributed by atoms with Crippen LogP contribution in [0, 0.1) is 0 Å². The Balaban J connectivity index is 1.67. The van der Waals surface area contributed by atoms with Crippen molar-refractivity contribution in [3.63, 3.8) is 0 Å². The molecule has 6 heteroatoms. The molecule has 3 aliphatic heterocycles. The Kier molecular flexibility index (Phi) is 2.06. The van der Waals surface area contributed by atoms with Crippen molar-refractivity contribution in [1.29, 1.82) is 0 Å². The number of benzene rings is 2. The van der Waals surface area contributed by atoms with E-state index in [1.807, 2.05) is 0 Å². The van der Waals surface area contributed by atoms with Crippen LogP contribution in [0.25, 0.3) is 0 Å². The summed E-state index contributed by atoms with van der Waals surface area (Å²) in [7, 11) is 0. The average Bonchev–Trinajstić information content (AvgIpc) is 3.07. The van der Waals surface area contributed by atoms with Crippen LogP contribution in [-0.2, 0) is 5.60 Å². The van der Waals surface area contributed by atoms with Crippen LogP contribution >= 0.6 is 0 Å². The number of phenols is 1. The van der Waals surface area contributed by atoms with E-state index in [4.69, 9.17) is 18.9 Å². The van der Waals surface area contributed by atoms with E-state index in [2.05, 4.69) is 0 Å². The minimum Gasteiger partial charge on any atom is -0.508 e. The fraction of sp³-hybridized carbons (Fsp3) is 0.250. The number of aliphatic hydroxyl groups is 1. The summed E-state index contributed by atoms with van der Waals surface area (Å²) in [5.41, 5.74) is 0.0329. The summed E-state index contributed by atoms with van der Waals surface area (Å²) < 4.78 is 22.3. The van der Waals surface area contributed by atoms with Gasteiger partial charge in [0.25, 0.3) is 0 Å². The summed E-state index contributed by atoms with van der Waals surface area (Å²) in [4.78, 5) is 0. The monoisotopic (exact) mass is 300 g/mol. The van der Waals surface area contributed by atoms with Crippen molar-refractivity contribution in [1.82, 2.24) is 0 Å². The lowest BCUT2D eigenvalue weighted by atomic mass is 9.85. The van der Waals surface area contributed by atoms with Gasteiger partial charge in [0.2, 0.25) is 6.79 Å². The van der Waals surface area contributed by atoms with Crippen molar-refractivity contribution >= 4 is 0 Å². The number of phenolic OH excluding ortho intramolecular Hbond substituents is 1. The van der Waals surface area contributed by atoms with Gasteiger partial charge in [-0.15, -0.1) is 0 Å². The molecule has 112 valence electrons. The van der Waals surface area contributed by atoms with Gasteiger partial charge in [0.15, 0.2) is 23.2 Å². The first-order chi connectivity index (χ1) is 10.6. The van der Waals surface area contributed by atoms with Crippen LogP contribution in [0.4, 0.5) is 0 Å². The third-order valence-electron chi connectivity index (χ3n) is 4.35. The van der Waals surface area contributed by atoms with E-state index in [0.29, 0.717) is 34.1 Å². The third-order valence-corrected chi connectivity index (χ3v) is 4.35. The maximum absolute atomic E-state index is 11.1. The highest BCUT2D eigenvalue weighted by Crippen LogP contribution is 2.56. The van der Waals surface area contributed by atoms with Gasteiger partial charge < -0.3 is 29.2 Å². The smallest absolute Gasteiger partial charge is 0.231 e. The van der Waals surface area contributed by atoms with Crippen molar-refractivity contribution in [3.8, 4) is 28.7 Å². The molecule has 0 saturated carbocycles. The van der Waals surface area contributed by atoms with Crippen LogP contribution in [0.2, 0.25) is 0 Å². The van der Waals surface area contributed by atoms with Crippen LogP contribution < -0.4 is 18.9 Å². The fourth-order valence-electron chi connectivity index (χ4n) is 3.25. The quantitative estimate of drug-likeness (QED) is 0.773. The molecule has 0 aliphatic carbocycles. The zero-order chi connectivity index (χ0) is 14.9. The van der Waals surface area contributed by atoms with E-state index in [1.165, 1.54) is 6.07 Å². The largest absolute Gasteiger partial charge is 0.508 e. The molecule has 3 aliphatic rings. The fourth-order valence-corrected chi connectivity index (χ4v) is 3.25. The molecule has 5 rings (SSSR count). The first kappa shape index (κ1) is 12.0. The van der Waals surface area contributed by atoms with Crippen LogP contribution in [0.1, 0.15) is 17.2 Å². The van der Waals surface area contributed by atoms with Gasteiger partial charge in [-0.1, -0.05) is 0 Å². The highest BCUT2D eigenvalue weighted by atomic mass is 16.7. The van der Waals surface area contributed by atoms with Gasteiger partial charge in [-0.25, -0.2) is 0 Å². The lowest BCUT2D eigenvalue weighted by Crippen LogP contribution is -2.41. The predicted molar refractivity (Wildman–Crippen MR) is 73.4 cm³/mol. The Morgan fingerprint density at radius 1 is 0.955 bits per heavy atom. The van der Waals surface area contributed by atoms with Crippen molar-refractivity contribution < 1.29 is 29.2 Å². The molecular weight excluding hydrogens is 288 g/mol. The van der Waals surface area contributed by atoms with Gasteiger partial charge in [-0.2, -0.15) is 0 Å². The predicted octanol–water partition coefficient (Wildman–Crippen LogP) is 1.83. The molecule has 0 amide bonds. The molecule has 0 bridgehead atoms. The first-order valence-electron chi connectivity index (χ1n) is 6.94. The second-order valence-corrected chi connectivity index (χ2v) is 5.63. The summed E-state index contributed by atoms with van der Waals surface area (Å²) in [5, 5.41) is 20.7. The summed E-state index contributed by atoms with van der Waals surface area (Å²) in [5.74, 6) is 2.38. The van der Waals surface area contributed by atoms with Gasteiger partial charge in [-0.05, 0) is 18.2 Å². The molecule has 2 aromatic rings. The Hall–Kier alpha value is -2.60. The van der Waals surface area contributed by atoms with Crippen LogP contribution in [0.3, 0.4) is 0 Å². The number of hydrogen-bond donors (Lipinski definition) is 2. The van der Waals surface area contributed by atoms with Gasteiger partial charge in [-0.3, -0.25) is 0 Å². The Morgan fingerprint density at radius 3 is 2.64 bits per heavy atom. The van der Waals surface area contributed by atoms with Crippen LogP contribution in [0.15, 0.2) is 30.3 Å². The molecule has 3 heterocycles. The minimum absolute atomic E-state index is 0.0424. The summed E-state index contributed by atoms with van der Waals surface area (Å²) in [6.45, 7) is 0.208. The zero-order valence-electron chi connectivity index (χ0n) is 11.4. The lowest BCUT2D eigenvalue weighted by Gasteiger charge is -2.34. The maximum Gasteiger partial charge on any atom is 0.231 e. The van der Waals surface area contributed by atoms with Crippen molar-refractivity contribution in [2.24, 2.45) is 0 Å². The van der Waals surface area contributed by atoms with E-state index in [-0.39, 0.29) is 19.1 Å². The molecule has 0 spiro atoms. The third kappa shape index (κ3) is 1.37. The summed E-state index contributed by atoms with van der Waals surface area (Å²) >= 11 is 0. The van der Waals surface area contributed by atoms with Crippen molar-refractivity contribution in [3.05, 3.63) is 41.5 Å². The molecule has 22 heavy (non-hydrogen) atoms. The molecule has 0 radical (unpaired) electrons. The summed E-state index contributed by atoms with van der Waals surface area (Å²) in [6, 6.07) is 8.24. The molecule has 6 nitrogen and oxygen atoms in total. The van der Waals surface area contributed by atoms with Gasteiger partial charge >= 0.3 is 0 Å². The van der Waals surface area contributed by atoms with Gasteiger partial charge in [0, 0.05) is 23.3 Å². The van der Waals surface area contributed by atoms with Gasteiger partial charge in [0.05, 0.1) is 0 Å². The highest BCUT2D eigenvalue weighted by molar-refractivity contribution is 5.58. The first-order valence-corrected chi connectivity index (χ1v) is 6.94. The number of rotatable bonds is 0. The second-order valence-electron chi connectivity index (χ2n) is 5.63. The molecule has 2 atom stereocenters. The Morgan fingerprint density at radius 2 is 1.77 bits per heavy atom. The topological polar surface area (TPSA) is 77.4 Å². The SMILES string of the molecule is Oc1ccc2c(c1)OC[C@]1(O)c3cc4c(cc3O[C@H]21)OCO4. The summed E-state index contributed by atoms with van der Waals surface area (Å²) in [6.07, 6.45) is -0.589. The Labute approximate surface area is 125 Å². The lowest BCUT2D eigenvalue weighted by molar-refractivity contribution is -0.0865. The molecule has 2 N–H and O–H groups in total. The van der Waals surface area contributed by atoms with Crippen LogP contribution in [-0.4, -0.2) is 23.6 Å². The van der Waals surface area contributed by atoms with E-state index in [1.54, 1.807) is 24.3 Å². The van der Waals surface area contributed by atoms with Crippen LogP contribution in [0.5, 0.6) is 28.7 Å². The number of ether oxygens (including phenoxy) is 4. The van der Waals surface area contributed by atoms with E-state index in [9.17, 15) is 10.2 Å². The van der Waals surface area contributed by atoms with E-state index < -0.39 is 11.7 Å². The molecule has 0 fully saturated rings. The highest BCUT2D eigenvalue weighted by Gasteiger charge is 2.53. The number of hydrogen-bond acceptors (Lipinski definition) is 6. The van der Waals surface area contributed by atoms with E-state index in [0.717, 1.165) is 0 Å². The molecule has 2 aromatic carbocycles. The molecular formula is C16H12O6. The van der Waals surface area contributed by atoms with Gasteiger partial charge in [0.1, 0.15) is 23.9 Å². The average molecular weight is 300 g/mol. The number of aromatic hydroxyl groups is 1. The maximum atomic E-state index is 11.1. The Bertz CT molecular complexity index is 801. The zero-order valence-corrected chi connectivity index (χ0v) is 11.4. The normalized spacial score (nSPS) is 26.5. The molecule has 0 unspecified atom stereocenters. The second kappa shape index (κ2) is 3.78. The minimum atomic E-state index is -1.29. The molecule has 0 aromatic heterocycles. The standard InChI is InChI=1S/C16H12O6/c17-8-1-2-9-11(3-8)19-6-16(18)10-4-13-14(21-7-20-13)5-12(10)22-15(9)16/h1-5,15,17-18H,6-7H2/t15-,16+/m1/s1. The van der Waals surface area contributed by atoms with Crippen molar-refractivity contribution in [2.45, 2.75) is 11.7 Å². The molecule has 0 saturated heterocycles. The van der Waals surface area contributed by atoms with Crippen molar-refractivity contribution in [2.75, 3.05) is 13.4 Å². The van der Waals surface area contributed by atoms with E-state index >= 15 is 0 Å². The number of fused-ring (bicyclic) bond motifs is 6.